The van der Waals surface area contributed by atoms with Crippen LogP contribution < -0.4 is 10.6 Å². The van der Waals surface area contributed by atoms with Gasteiger partial charge < -0.3 is 10.6 Å². The Kier molecular flexibility index (Phi) is 6.64. The summed E-state index contributed by atoms with van der Waals surface area (Å²) in [5.74, 6) is -0.657. The second kappa shape index (κ2) is 7.99. The van der Waals surface area contributed by atoms with E-state index in [0.29, 0.717) is 17.7 Å². The molecule has 0 spiro atoms. The average molecular weight is 345 g/mol. The van der Waals surface area contributed by atoms with E-state index in [1.807, 2.05) is 6.92 Å². The number of rotatable bonds is 6. The van der Waals surface area contributed by atoms with Gasteiger partial charge in [-0.15, -0.1) is 0 Å². The molecule has 0 aliphatic rings. The summed E-state index contributed by atoms with van der Waals surface area (Å²) in [7, 11) is 0. The van der Waals surface area contributed by atoms with E-state index in [1.54, 1.807) is 13.0 Å². The van der Waals surface area contributed by atoms with Gasteiger partial charge >= 0.3 is 0 Å². The molecule has 0 saturated heterocycles. The molecular weight excluding hydrogens is 327 g/mol. The van der Waals surface area contributed by atoms with Crippen LogP contribution in [0.3, 0.4) is 0 Å². The van der Waals surface area contributed by atoms with Crippen molar-refractivity contribution in [1.82, 2.24) is 5.32 Å². The lowest BCUT2D eigenvalue weighted by molar-refractivity contribution is -0.120. The van der Waals surface area contributed by atoms with Gasteiger partial charge in [-0.25, -0.2) is 4.39 Å². The van der Waals surface area contributed by atoms with Gasteiger partial charge in [0.2, 0.25) is 11.8 Å². The SMILES string of the molecule is CCC(Br)C(=O)NCCC(=O)Nc1ccc(F)c(C)c1. The van der Waals surface area contributed by atoms with Gasteiger partial charge in [-0.3, -0.25) is 9.59 Å². The molecule has 110 valence electrons. The molecule has 0 aromatic heterocycles. The lowest BCUT2D eigenvalue weighted by Gasteiger charge is -2.09. The van der Waals surface area contributed by atoms with Crippen molar-refractivity contribution in [2.45, 2.75) is 31.5 Å². The molecule has 20 heavy (non-hydrogen) atoms. The Morgan fingerprint density at radius 1 is 1.40 bits per heavy atom. The number of carbonyl (C=O) groups is 2. The Morgan fingerprint density at radius 2 is 2.10 bits per heavy atom. The summed E-state index contributed by atoms with van der Waals surface area (Å²) in [6, 6.07) is 4.38. The monoisotopic (exact) mass is 344 g/mol. The highest BCUT2D eigenvalue weighted by molar-refractivity contribution is 9.10. The number of hydrogen-bond donors (Lipinski definition) is 2. The molecule has 0 bridgehead atoms. The van der Waals surface area contributed by atoms with Crippen molar-refractivity contribution in [1.29, 1.82) is 0 Å². The Bertz CT molecular complexity index is 494. The van der Waals surface area contributed by atoms with E-state index >= 15 is 0 Å². The molecule has 0 fully saturated rings. The zero-order valence-electron chi connectivity index (χ0n) is 11.5. The predicted molar refractivity (Wildman–Crippen MR) is 80.4 cm³/mol. The highest BCUT2D eigenvalue weighted by atomic mass is 79.9. The molecule has 0 aliphatic carbocycles. The van der Waals surface area contributed by atoms with Gasteiger partial charge in [-0.05, 0) is 37.1 Å². The fraction of sp³-hybridized carbons (Fsp3) is 0.429. The zero-order chi connectivity index (χ0) is 15.1. The molecule has 1 aromatic carbocycles. The molecule has 2 amide bonds. The molecule has 0 saturated carbocycles. The van der Waals surface area contributed by atoms with Crippen LogP contribution in [0.15, 0.2) is 18.2 Å². The molecule has 1 aromatic rings. The minimum Gasteiger partial charge on any atom is -0.355 e. The van der Waals surface area contributed by atoms with Gasteiger partial charge in [-0.1, -0.05) is 22.9 Å². The fourth-order valence-electron chi connectivity index (χ4n) is 1.54. The Labute approximate surface area is 126 Å². The summed E-state index contributed by atoms with van der Waals surface area (Å²) in [5.41, 5.74) is 1.02. The average Bonchev–Trinajstić information content (AvgIpc) is 2.41. The van der Waals surface area contributed by atoms with Gasteiger partial charge in [-0.2, -0.15) is 0 Å². The van der Waals surface area contributed by atoms with E-state index < -0.39 is 0 Å². The molecule has 0 heterocycles. The molecule has 4 nitrogen and oxygen atoms in total. The third kappa shape index (κ3) is 5.28. The van der Waals surface area contributed by atoms with Crippen LogP contribution in [-0.2, 0) is 9.59 Å². The minimum atomic E-state index is -0.307. The lowest BCUT2D eigenvalue weighted by Crippen LogP contribution is -2.33. The maximum atomic E-state index is 13.1. The third-order valence-electron chi connectivity index (χ3n) is 2.74. The van der Waals surface area contributed by atoms with Crippen molar-refractivity contribution in [3.05, 3.63) is 29.6 Å². The van der Waals surface area contributed by atoms with Crippen LogP contribution >= 0.6 is 15.9 Å². The van der Waals surface area contributed by atoms with Gasteiger partial charge in [0.15, 0.2) is 0 Å². The van der Waals surface area contributed by atoms with E-state index in [-0.39, 0.29) is 35.4 Å². The third-order valence-corrected chi connectivity index (χ3v) is 3.80. The lowest BCUT2D eigenvalue weighted by atomic mass is 10.2. The number of anilines is 1. The summed E-state index contributed by atoms with van der Waals surface area (Å²) < 4.78 is 13.1. The van der Waals surface area contributed by atoms with Crippen molar-refractivity contribution in [3.8, 4) is 0 Å². The van der Waals surface area contributed by atoms with Crippen LogP contribution in [-0.4, -0.2) is 23.2 Å². The first-order chi connectivity index (χ1) is 9.43. The topological polar surface area (TPSA) is 58.2 Å². The van der Waals surface area contributed by atoms with E-state index in [0.717, 1.165) is 0 Å². The standard InChI is InChI=1S/C14H18BrFN2O2/c1-3-11(15)14(20)17-7-6-13(19)18-10-4-5-12(16)9(2)8-10/h4-5,8,11H,3,6-7H2,1-2H3,(H,17,20)(H,18,19). The van der Waals surface area contributed by atoms with Crippen molar-refractivity contribution >= 4 is 33.4 Å². The fourth-order valence-corrected chi connectivity index (χ4v) is 1.70. The minimum absolute atomic E-state index is 0.127. The quantitative estimate of drug-likeness (QED) is 0.779. The summed E-state index contributed by atoms with van der Waals surface area (Å²) in [6.07, 6.45) is 0.860. The maximum Gasteiger partial charge on any atom is 0.233 e. The molecule has 0 radical (unpaired) electrons. The van der Waals surface area contributed by atoms with Crippen LogP contribution in [0.5, 0.6) is 0 Å². The number of nitrogens with one attached hydrogen (secondary N) is 2. The molecule has 0 aliphatic heterocycles. The van der Waals surface area contributed by atoms with Crippen LogP contribution in [0.1, 0.15) is 25.3 Å². The van der Waals surface area contributed by atoms with E-state index in [2.05, 4.69) is 26.6 Å². The second-order valence-corrected chi connectivity index (χ2v) is 5.53. The number of alkyl halides is 1. The van der Waals surface area contributed by atoms with Gasteiger partial charge in [0.25, 0.3) is 0 Å². The van der Waals surface area contributed by atoms with Crippen molar-refractivity contribution in [2.24, 2.45) is 0 Å². The van der Waals surface area contributed by atoms with Crippen molar-refractivity contribution in [3.63, 3.8) is 0 Å². The highest BCUT2D eigenvalue weighted by Crippen LogP contribution is 2.13. The molecule has 1 atom stereocenters. The van der Waals surface area contributed by atoms with Crippen LogP contribution in [0.4, 0.5) is 10.1 Å². The first-order valence-corrected chi connectivity index (χ1v) is 7.33. The molecule has 1 unspecified atom stereocenters. The van der Waals surface area contributed by atoms with E-state index in [4.69, 9.17) is 0 Å². The first-order valence-electron chi connectivity index (χ1n) is 6.41. The zero-order valence-corrected chi connectivity index (χ0v) is 13.1. The molecular formula is C14H18BrFN2O2. The first kappa shape index (κ1) is 16.6. The van der Waals surface area contributed by atoms with E-state index in [1.165, 1.54) is 12.1 Å². The second-order valence-electron chi connectivity index (χ2n) is 4.43. The van der Waals surface area contributed by atoms with Gasteiger partial charge in [0, 0.05) is 18.7 Å². The number of benzene rings is 1. The number of aryl methyl sites for hydroxylation is 1. The van der Waals surface area contributed by atoms with Crippen molar-refractivity contribution in [2.75, 3.05) is 11.9 Å². The van der Waals surface area contributed by atoms with Crippen LogP contribution in [0, 0.1) is 12.7 Å². The smallest absolute Gasteiger partial charge is 0.233 e. The maximum absolute atomic E-state index is 13.1. The Morgan fingerprint density at radius 3 is 2.70 bits per heavy atom. The van der Waals surface area contributed by atoms with Crippen molar-refractivity contribution < 1.29 is 14.0 Å². The molecule has 2 N–H and O–H groups in total. The number of carbonyl (C=O) groups excluding carboxylic acids is 2. The Hall–Kier alpha value is -1.43. The summed E-state index contributed by atoms with van der Waals surface area (Å²) >= 11 is 3.23. The Balaban J connectivity index is 2.37. The number of hydrogen-bond acceptors (Lipinski definition) is 2. The summed E-state index contributed by atoms with van der Waals surface area (Å²) in [5, 5.41) is 5.32. The van der Waals surface area contributed by atoms with E-state index in [9.17, 15) is 14.0 Å². The molecule has 6 heteroatoms. The largest absolute Gasteiger partial charge is 0.355 e. The summed E-state index contributed by atoms with van der Waals surface area (Å²) in [4.78, 5) is 22.9. The van der Waals surface area contributed by atoms with Gasteiger partial charge in [0.05, 0.1) is 4.83 Å². The molecule has 1 rings (SSSR count). The van der Waals surface area contributed by atoms with Crippen LogP contribution in [0.25, 0.3) is 0 Å². The van der Waals surface area contributed by atoms with Crippen LogP contribution in [0.2, 0.25) is 0 Å². The summed E-state index contributed by atoms with van der Waals surface area (Å²) in [6.45, 7) is 3.79. The van der Waals surface area contributed by atoms with Gasteiger partial charge in [0.1, 0.15) is 5.82 Å². The highest BCUT2D eigenvalue weighted by Gasteiger charge is 2.12. The predicted octanol–water partition coefficient (Wildman–Crippen LogP) is 2.75. The number of amides is 2. The normalized spacial score (nSPS) is 11.8. The number of halogens is 2.